The lowest BCUT2D eigenvalue weighted by Crippen LogP contribution is -2.41. The number of nitrogens with zero attached hydrogens (tertiary/aromatic N) is 1. The predicted molar refractivity (Wildman–Crippen MR) is 58.5 cm³/mol. The SMILES string of the molecule is CCN(C(=O)C(=O)NC)c1ccccc1. The minimum atomic E-state index is -0.597. The molecule has 0 bridgehead atoms. The van der Waals surface area contributed by atoms with Gasteiger partial charge in [-0.05, 0) is 19.1 Å². The largest absolute Gasteiger partial charge is 0.351 e. The van der Waals surface area contributed by atoms with Crippen LogP contribution in [-0.2, 0) is 9.59 Å². The Hall–Kier alpha value is -1.84. The van der Waals surface area contributed by atoms with Gasteiger partial charge in [0.05, 0.1) is 0 Å². The molecule has 0 saturated carbocycles. The van der Waals surface area contributed by atoms with Crippen LogP contribution < -0.4 is 10.2 Å². The quantitative estimate of drug-likeness (QED) is 0.727. The van der Waals surface area contributed by atoms with Crippen molar-refractivity contribution in [3.05, 3.63) is 30.3 Å². The zero-order valence-electron chi connectivity index (χ0n) is 8.86. The number of hydrogen-bond donors (Lipinski definition) is 1. The standard InChI is InChI=1S/C11H14N2O2/c1-3-13(11(15)10(14)12-2)9-7-5-4-6-8-9/h4-8H,3H2,1-2H3,(H,12,14). The fourth-order valence-electron chi connectivity index (χ4n) is 1.28. The molecule has 2 amide bonds. The third kappa shape index (κ3) is 2.56. The van der Waals surface area contributed by atoms with Crippen LogP contribution >= 0.6 is 0 Å². The van der Waals surface area contributed by atoms with Crippen LogP contribution in [0.5, 0.6) is 0 Å². The van der Waals surface area contributed by atoms with Gasteiger partial charge in [0, 0.05) is 19.3 Å². The zero-order valence-corrected chi connectivity index (χ0v) is 8.86. The van der Waals surface area contributed by atoms with Gasteiger partial charge in [0.25, 0.3) is 0 Å². The molecular weight excluding hydrogens is 192 g/mol. The molecule has 15 heavy (non-hydrogen) atoms. The Bertz CT molecular complexity index is 349. The van der Waals surface area contributed by atoms with E-state index in [9.17, 15) is 9.59 Å². The van der Waals surface area contributed by atoms with Crippen molar-refractivity contribution in [2.75, 3.05) is 18.5 Å². The molecule has 0 aliphatic heterocycles. The third-order valence-electron chi connectivity index (χ3n) is 2.05. The van der Waals surface area contributed by atoms with Crippen molar-refractivity contribution in [3.8, 4) is 0 Å². The van der Waals surface area contributed by atoms with Crippen LogP contribution in [0.2, 0.25) is 0 Å². The maximum Gasteiger partial charge on any atom is 0.316 e. The maximum absolute atomic E-state index is 11.6. The summed E-state index contributed by atoms with van der Waals surface area (Å²) in [4.78, 5) is 24.2. The second-order valence-corrected chi connectivity index (χ2v) is 2.96. The summed E-state index contributed by atoms with van der Waals surface area (Å²) in [5.74, 6) is -1.13. The van der Waals surface area contributed by atoms with Gasteiger partial charge in [-0.2, -0.15) is 0 Å². The second kappa shape index (κ2) is 5.14. The topological polar surface area (TPSA) is 49.4 Å². The van der Waals surface area contributed by atoms with E-state index in [-0.39, 0.29) is 0 Å². The second-order valence-electron chi connectivity index (χ2n) is 2.96. The van der Waals surface area contributed by atoms with Crippen molar-refractivity contribution < 1.29 is 9.59 Å². The highest BCUT2D eigenvalue weighted by Crippen LogP contribution is 2.12. The number of amides is 2. The molecule has 1 aromatic carbocycles. The minimum Gasteiger partial charge on any atom is -0.351 e. The molecular formula is C11H14N2O2. The lowest BCUT2D eigenvalue weighted by molar-refractivity contribution is -0.137. The molecule has 80 valence electrons. The molecule has 0 saturated heterocycles. The van der Waals surface area contributed by atoms with E-state index < -0.39 is 11.8 Å². The summed E-state index contributed by atoms with van der Waals surface area (Å²) < 4.78 is 0. The number of nitrogens with one attached hydrogen (secondary N) is 1. The first kappa shape index (κ1) is 11.2. The highest BCUT2D eigenvalue weighted by molar-refractivity contribution is 6.40. The van der Waals surface area contributed by atoms with Crippen molar-refractivity contribution >= 4 is 17.5 Å². The molecule has 1 N–H and O–H groups in total. The van der Waals surface area contributed by atoms with Crippen LogP contribution in [-0.4, -0.2) is 25.4 Å². The Labute approximate surface area is 88.9 Å². The first-order valence-corrected chi connectivity index (χ1v) is 4.79. The molecule has 0 heterocycles. The highest BCUT2D eigenvalue weighted by Gasteiger charge is 2.20. The predicted octanol–water partition coefficient (Wildman–Crippen LogP) is 0.785. The van der Waals surface area contributed by atoms with Gasteiger partial charge in [-0.1, -0.05) is 18.2 Å². The normalized spacial score (nSPS) is 9.47. The van der Waals surface area contributed by atoms with E-state index in [0.29, 0.717) is 6.54 Å². The molecule has 1 rings (SSSR count). The van der Waals surface area contributed by atoms with Gasteiger partial charge in [0.15, 0.2) is 0 Å². The Morgan fingerprint density at radius 2 is 1.87 bits per heavy atom. The smallest absolute Gasteiger partial charge is 0.316 e. The minimum absolute atomic E-state index is 0.469. The third-order valence-corrected chi connectivity index (χ3v) is 2.05. The van der Waals surface area contributed by atoms with Gasteiger partial charge < -0.3 is 10.2 Å². The number of benzene rings is 1. The number of anilines is 1. The number of carbonyl (C=O) groups excluding carboxylic acids is 2. The van der Waals surface area contributed by atoms with Crippen molar-refractivity contribution in [1.29, 1.82) is 0 Å². The van der Waals surface area contributed by atoms with Crippen molar-refractivity contribution in [1.82, 2.24) is 5.32 Å². The average molecular weight is 206 g/mol. The highest BCUT2D eigenvalue weighted by atomic mass is 16.2. The molecule has 4 nitrogen and oxygen atoms in total. The summed E-state index contributed by atoms with van der Waals surface area (Å²) in [5, 5.41) is 2.32. The maximum atomic E-state index is 11.6. The van der Waals surface area contributed by atoms with Crippen LogP contribution in [0.3, 0.4) is 0 Å². The first-order valence-electron chi connectivity index (χ1n) is 4.79. The van der Waals surface area contributed by atoms with Crippen LogP contribution in [0.4, 0.5) is 5.69 Å². The van der Waals surface area contributed by atoms with E-state index in [2.05, 4.69) is 5.32 Å². The van der Waals surface area contributed by atoms with Crippen LogP contribution in [0.15, 0.2) is 30.3 Å². The molecule has 0 atom stereocenters. The fraction of sp³-hybridized carbons (Fsp3) is 0.273. The van der Waals surface area contributed by atoms with Crippen molar-refractivity contribution in [3.63, 3.8) is 0 Å². The van der Waals surface area contributed by atoms with Crippen molar-refractivity contribution in [2.45, 2.75) is 6.92 Å². The Kier molecular flexibility index (Phi) is 3.85. The Balaban J connectivity index is 2.90. The summed E-state index contributed by atoms with van der Waals surface area (Å²) in [7, 11) is 1.44. The van der Waals surface area contributed by atoms with Gasteiger partial charge in [0.2, 0.25) is 0 Å². The lowest BCUT2D eigenvalue weighted by atomic mass is 10.3. The summed E-state index contributed by atoms with van der Waals surface area (Å²) >= 11 is 0. The summed E-state index contributed by atoms with van der Waals surface area (Å²) in [6.07, 6.45) is 0. The van der Waals surface area contributed by atoms with Crippen LogP contribution in [0, 0.1) is 0 Å². The molecule has 0 aliphatic rings. The molecule has 0 radical (unpaired) electrons. The molecule has 0 unspecified atom stereocenters. The van der Waals surface area contributed by atoms with Gasteiger partial charge in [-0.25, -0.2) is 0 Å². The van der Waals surface area contributed by atoms with E-state index >= 15 is 0 Å². The summed E-state index contributed by atoms with van der Waals surface area (Å²) in [6.45, 7) is 2.30. The number of likely N-dealkylation sites (N-methyl/N-ethyl adjacent to an activating group) is 2. The molecule has 0 fully saturated rings. The summed E-state index contributed by atoms with van der Waals surface area (Å²) in [5.41, 5.74) is 0.730. The molecule has 4 heteroatoms. The molecule has 0 aromatic heterocycles. The van der Waals surface area contributed by atoms with E-state index in [4.69, 9.17) is 0 Å². The monoisotopic (exact) mass is 206 g/mol. The Morgan fingerprint density at radius 3 is 2.33 bits per heavy atom. The Morgan fingerprint density at radius 1 is 1.27 bits per heavy atom. The molecule has 1 aromatic rings. The van der Waals surface area contributed by atoms with Crippen LogP contribution in [0.1, 0.15) is 6.92 Å². The van der Waals surface area contributed by atoms with Gasteiger partial charge in [-0.15, -0.1) is 0 Å². The van der Waals surface area contributed by atoms with Crippen LogP contribution in [0.25, 0.3) is 0 Å². The van der Waals surface area contributed by atoms with Gasteiger partial charge in [-0.3, -0.25) is 9.59 Å². The van der Waals surface area contributed by atoms with Gasteiger partial charge >= 0.3 is 11.8 Å². The number of para-hydroxylation sites is 1. The number of rotatable bonds is 2. The fourth-order valence-corrected chi connectivity index (χ4v) is 1.28. The first-order chi connectivity index (χ1) is 7.20. The number of hydrogen-bond acceptors (Lipinski definition) is 2. The zero-order chi connectivity index (χ0) is 11.3. The van der Waals surface area contributed by atoms with E-state index in [1.165, 1.54) is 11.9 Å². The van der Waals surface area contributed by atoms with E-state index in [0.717, 1.165) is 5.69 Å². The lowest BCUT2D eigenvalue weighted by Gasteiger charge is -2.19. The molecule has 0 spiro atoms. The van der Waals surface area contributed by atoms with Crippen molar-refractivity contribution in [2.24, 2.45) is 0 Å². The molecule has 0 aliphatic carbocycles. The van der Waals surface area contributed by atoms with E-state index in [1.54, 1.807) is 12.1 Å². The summed E-state index contributed by atoms with van der Waals surface area (Å²) in [6, 6.07) is 9.11. The van der Waals surface area contributed by atoms with Gasteiger partial charge in [0.1, 0.15) is 0 Å². The van der Waals surface area contributed by atoms with E-state index in [1.807, 2.05) is 25.1 Å². The average Bonchev–Trinajstić information content (AvgIpc) is 2.30. The number of carbonyl (C=O) groups is 2.